The Balaban J connectivity index is 1.30. The largest absolute Gasteiger partial charge is 0.472 e. The molecule has 0 radical (unpaired) electrons. The Morgan fingerprint density at radius 3 is 2.06 bits per heavy atom. The van der Waals surface area contributed by atoms with Crippen molar-refractivity contribution in [2.45, 2.75) is 77.2 Å². The molecule has 2 heterocycles. The first-order chi connectivity index (χ1) is 24.1. The molecule has 3 heteroatoms. The van der Waals surface area contributed by atoms with Crippen molar-refractivity contribution in [2.24, 2.45) is 10.8 Å². The van der Waals surface area contributed by atoms with Gasteiger partial charge in [-0.1, -0.05) is 107 Å². The molecular weight excluding hydrogens is 609 g/mol. The quantitative estimate of drug-likeness (QED) is 0.194. The molecule has 0 N–H and O–H groups in total. The molecule has 1 spiro atoms. The Bertz CT molecular complexity index is 2200. The molecule has 0 amide bonds. The fourth-order valence-corrected chi connectivity index (χ4v) is 10.9. The summed E-state index contributed by atoms with van der Waals surface area (Å²) in [4.78, 5) is 2.52. The lowest BCUT2D eigenvalue weighted by atomic mass is 9.52. The third-order valence-corrected chi connectivity index (χ3v) is 12.1. The number of ether oxygens (including phenoxy) is 1. The number of fused-ring (bicyclic) bond motifs is 10. The molecule has 1 unspecified atom stereocenters. The van der Waals surface area contributed by atoms with Gasteiger partial charge in [-0.2, -0.15) is 5.26 Å². The van der Waals surface area contributed by atoms with Gasteiger partial charge in [-0.25, -0.2) is 0 Å². The van der Waals surface area contributed by atoms with Crippen LogP contribution >= 0.6 is 0 Å². The Morgan fingerprint density at radius 2 is 1.36 bits per heavy atom. The highest BCUT2D eigenvalue weighted by molar-refractivity contribution is 6.08. The number of hydrogen-bond acceptors (Lipinski definition) is 3. The molecule has 1 saturated heterocycles. The average molecular weight is 655 g/mol. The minimum absolute atomic E-state index is 0.116. The van der Waals surface area contributed by atoms with Gasteiger partial charge in [-0.05, 0) is 107 Å². The van der Waals surface area contributed by atoms with Gasteiger partial charge in [-0.3, -0.25) is 0 Å². The minimum atomic E-state index is -0.788. The number of anilines is 1. The Kier molecular flexibility index (Phi) is 6.92. The molecule has 0 bridgehead atoms. The van der Waals surface area contributed by atoms with Gasteiger partial charge in [0.2, 0.25) is 0 Å². The van der Waals surface area contributed by atoms with Gasteiger partial charge in [0, 0.05) is 46.3 Å². The number of nitrogens with zero attached hydrogens (tertiary/aromatic N) is 2. The van der Waals surface area contributed by atoms with E-state index < -0.39 is 5.60 Å². The van der Waals surface area contributed by atoms with Crippen LogP contribution in [0.4, 0.5) is 5.69 Å². The van der Waals surface area contributed by atoms with Crippen LogP contribution in [0.1, 0.15) is 99.6 Å². The maximum absolute atomic E-state index is 10.1. The predicted molar refractivity (Wildman–Crippen MR) is 206 cm³/mol. The molecule has 2 fully saturated rings. The van der Waals surface area contributed by atoms with Crippen LogP contribution in [0.2, 0.25) is 0 Å². The molecular formula is C47H46N2O. The number of piperidine rings is 1. The predicted octanol–water partition coefficient (Wildman–Crippen LogP) is 11.6. The van der Waals surface area contributed by atoms with Gasteiger partial charge in [-0.15, -0.1) is 0 Å². The fourth-order valence-electron chi connectivity index (χ4n) is 10.9. The van der Waals surface area contributed by atoms with E-state index in [2.05, 4.69) is 142 Å². The third-order valence-electron chi connectivity index (χ3n) is 12.1. The van der Waals surface area contributed by atoms with Gasteiger partial charge in [0.1, 0.15) is 5.75 Å². The monoisotopic (exact) mass is 654 g/mol. The van der Waals surface area contributed by atoms with Crippen LogP contribution in [0.5, 0.6) is 5.75 Å². The summed E-state index contributed by atoms with van der Waals surface area (Å²) >= 11 is 0. The Morgan fingerprint density at radius 1 is 0.700 bits per heavy atom. The van der Waals surface area contributed by atoms with Crippen molar-refractivity contribution in [3.63, 3.8) is 0 Å². The molecule has 9 rings (SSSR count). The molecule has 4 aliphatic rings. The Hall–Kier alpha value is -4.81. The molecule has 250 valence electrons. The number of rotatable bonds is 3. The van der Waals surface area contributed by atoms with E-state index in [-0.39, 0.29) is 16.2 Å². The lowest BCUT2D eigenvalue weighted by Crippen LogP contribution is -2.44. The van der Waals surface area contributed by atoms with E-state index in [4.69, 9.17) is 4.74 Å². The van der Waals surface area contributed by atoms with Crippen molar-refractivity contribution in [3.8, 4) is 22.9 Å². The van der Waals surface area contributed by atoms with E-state index in [1.165, 1.54) is 58.2 Å². The summed E-state index contributed by atoms with van der Waals surface area (Å²) in [5, 5.41) is 12.5. The number of hydrogen-bond donors (Lipinski definition) is 0. The zero-order valence-corrected chi connectivity index (χ0v) is 29.9. The Labute approximate surface area is 297 Å². The second-order valence-corrected chi connectivity index (χ2v) is 17.0. The smallest absolute Gasteiger partial charge is 0.178 e. The van der Waals surface area contributed by atoms with Crippen LogP contribution in [-0.2, 0) is 11.0 Å². The zero-order valence-electron chi connectivity index (χ0n) is 29.9. The van der Waals surface area contributed by atoms with Crippen LogP contribution in [0.25, 0.3) is 28.0 Å². The van der Waals surface area contributed by atoms with Crippen molar-refractivity contribution in [1.82, 2.24) is 0 Å². The van der Waals surface area contributed by atoms with Crippen molar-refractivity contribution < 1.29 is 4.74 Å². The molecule has 1 saturated carbocycles. The molecule has 1 atom stereocenters. The second-order valence-electron chi connectivity index (χ2n) is 17.0. The van der Waals surface area contributed by atoms with Gasteiger partial charge in [0.05, 0.1) is 11.6 Å². The topological polar surface area (TPSA) is 36.3 Å². The number of nitriles is 1. The van der Waals surface area contributed by atoms with Crippen LogP contribution in [0.3, 0.4) is 0 Å². The van der Waals surface area contributed by atoms with Crippen LogP contribution in [-0.4, -0.2) is 13.1 Å². The van der Waals surface area contributed by atoms with Gasteiger partial charge in [0.15, 0.2) is 5.60 Å². The lowest BCUT2D eigenvalue weighted by molar-refractivity contribution is 0.0641. The highest BCUT2D eigenvalue weighted by Crippen LogP contribution is 2.67. The standard InChI is InChI=1S/C47H46N2O/c1-44(2)29-45(3,4)31-46(30-44)40-27-32(28-48)17-22-38(40)41-36-15-9-10-16-37(36)43-39(42(41)46)23-24-47(50-43,33-13-7-5-8-14-33)34-18-20-35(21-19-34)49-25-11-6-12-26-49/h5,7-10,13-24,27H,6,11-12,25-26,29-31H2,1-4H3. The van der Waals surface area contributed by atoms with Crippen molar-refractivity contribution in [3.05, 3.63) is 137 Å². The molecule has 2 aliphatic heterocycles. The summed E-state index contributed by atoms with van der Waals surface area (Å²) in [5.74, 6) is 0.958. The van der Waals surface area contributed by atoms with Crippen molar-refractivity contribution >= 4 is 22.5 Å². The average Bonchev–Trinajstić information content (AvgIpc) is 3.38. The molecule has 0 aromatic heterocycles. The van der Waals surface area contributed by atoms with E-state index >= 15 is 0 Å². The van der Waals surface area contributed by atoms with Gasteiger partial charge in [0.25, 0.3) is 0 Å². The maximum atomic E-state index is 10.1. The normalized spacial score (nSPS) is 22.3. The second kappa shape index (κ2) is 11.1. The fraction of sp³-hybridized carbons (Fsp3) is 0.340. The highest BCUT2D eigenvalue weighted by atomic mass is 16.5. The first-order valence-corrected chi connectivity index (χ1v) is 18.6. The van der Waals surface area contributed by atoms with Crippen LogP contribution in [0, 0.1) is 22.2 Å². The van der Waals surface area contributed by atoms with Gasteiger partial charge >= 0.3 is 0 Å². The van der Waals surface area contributed by atoms with E-state index in [0.29, 0.717) is 0 Å². The molecule has 5 aromatic carbocycles. The van der Waals surface area contributed by atoms with Crippen molar-refractivity contribution in [1.29, 1.82) is 5.26 Å². The first kappa shape index (κ1) is 31.2. The summed E-state index contributed by atoms with van der Waals surface area (Å²) in [6.07, 6.45) is 11.8. The van der Waals surface area contributed by atoms with Gasteiger partial charge < -0.3 is 9.64 Å². The first-order valence-electron chi connectivity index (χ1n) is 18.6. The SMILES string of the molecule is CC1(C)CC(C)(C)CC2(C1)c1cc(C#N)ccc1-c1c2c2c(c3ccccc13)OC(c1ccccc1)(c1ccc(N3CCCCC3)cc1)C=C2. The molecule has 3 nitrogen and oxygen atoms in total. The summed E-state index contributed by atoms with van der Waals surface area (Å²) in [5.41, 5.74) is 9.96. The summed E-state index contributed by atoms with van der Waals surface area (Å²) < 4.78 is 7.64. The van der Waals surface area contributed by atoms with E-state index in [0.717, 1.165) is 60.2 Å². The molecule has 2 aliphatic carbocycles. The zero-order chi connectivity index (χ0) is 34.3. The van der Waals surface area contributed by atoms with Crippen LogP contribution < -0.4 is 9.64 Å². The molecule has 5 aromatic rings. The van der Waals surface area contributed by atoms with Crippen LogP contribution in [0.15, 0.2) is 103 Å². The van der Waals surface area contributed by atoms with E-state index in [9.17, 15) is 5.26 Å². The maximum Gasteiger partial charge on any atom is 0.178 e. The van der Waals surface area contributed by atoms with E-state index in [1.807, 2.05) is 6.07 Å². The lowest BCUT2D eigenvalue weighted by Gasteiger charge is -2.52. The summed E-state index contributed by atoms with van der Waals surface area (Å²) in [6.45, 7) is 12.0. The van der Waals surface area contributed by atoms with E-state index in [1.54, 1.807) is 0 Å². The highest BCUT2D eigenvalue weighted by Gasteiger charge is 2.55. The summed E-state index contributed by atoms with van der Waals surface area (Å²) in [7, 11) is 0. The number of benzene rings is 5. The third kappa shape index (κ3) is 4.68. The van der Waals surface area contributed by atoms with Crippen molar-refractivity contribution in [2.75, 3.05) is 18.0 Å². The molecule has 50 heavy (non-hydrogen) atoms. The minimum Gasteiger partial charge on any atom is -0.472 e. The summed E-state index contributed by atoms with van der Waals surface area (Å²) in [6, 6.07) is 37.7.